The first kappa shape index (κ1) is 20.6. The van der Waals surface area contributed by atoms with E-state index in [0.717, 1.165) is 12.8 Å². The van der Waals surface area contributed by atoms with E-state index >= 15 is 0 Å². The highest BCUT2D eigenvalue weighted by molar-refractivity contribution is 5.71. The monoisotopic (exact) mass is 366 g/mol. The van der Waals surface area contributed by atoms with Gasteiger partial charge < -0.3 is 14.9 Å². The Balaban J connectivity index is 1.81. The van der Waals surface area contributed by atoms with E-state index in [-0.39, 0.29) is 0 Å². The lowest BCUT2D eigenvalue weighted by atomic mass is 10.1. The molecule has 7 heteroatoms. The molecule has 1 aromatic rings. The molecule has 1 atom stereocenters. The molecule has 0 radical (unpaired) electrons. The summed E-state index contributed by atoms with van der Waals surface area (Å²) in [6.07, 6.45) is 11.1. The molecule has 2 N–H and O–H groups in total. The molecule has 0 aromatic carbocycles. The minimum Gasteiger partial charge on any atom is -0.374 e. The first-order chi connectivity index (χ1) is 12.5. The second-order valence-electron chi connectivity index (χ2n) is 7.40. The van der Waals surface area contributed by atoms with Gasteiger partial charge in [0, 0.05) is 14.1 Å². The van der Waals surface area contributed by atoms with Crippen molar-refractivity contribution in [2.75, 3.05) is 23.5 Å². The molecule has 148 valence electrons. The number of fused-ring (bicyclic) bond motifs is 1. The zero-order valence-corrected chi connectivity index (χ0v) is 16.5. The first-order valence-electron chi connectivity index (χ1n) is 9.96. The van der Waals surface area contributed by atoms with E-state index in [1.807, 2.05) is 0 Å². The predicted molar refractivity (Wildman–Crippen MR) is 106 cm³/mol. The van der Waals surface area contributed by atoms with Crippen LogP contribution in [0.25, 0.3) is 0 Å². The SMILES string of the molecule is CCCCCCCCCCCC(O)N1CN(C)c2c1n(C)c(=O)[nH]c2=O. The fourth-order valence-electron chi connectivity index (χ4n) is 3.66. The molecule has 0 spiro atoms. The molecular formula is C19H34N4O3. The number of aliphatic hydroxyl groups is 1. The van der Waals surface area contributed by atoms with Crippen molar-refractivity contribution in [1.82, 2.24) is 9.55 Å². The van der Waals surface area contributed by atoms with E-state index in [4.69, 9.17) is 0 Å². The zero-order valence-electron chi connectivity index (χ0n) is 16.5. The van der Waals surface area contributed by atoms with Crippen LogP contribution < -0.4 is 21.0 Å². The van der Waals surface area contributed by atoms with Crippen molar-refractivity contribution in [2.24, 2.45) is 7.05 Å². The van der Waals surface area contributed by atoms with Gasteiger partial charge in [-0.25, -0.2) is 4.79 Å². The molecule has 2 rings (SSSR count). The molecule has 0 saturated carbocycles. The molecule has 0 bridgehead atoms. The number of aromatic amines is 1. The maximum Gasteiger partial charge on any atom is 0.329 e. The maximum absolute atomic E-state index is 12.1. The minimum atomic E-state index is -0.685. The van der Waals surface area contributed by atoms with Crippen LogP contribution in [0.3, 0.4) is 0 Å². The zero-order chi connectivity index (χ0) is 19.1. The summed E-state index contributed by atoms with van der Waals surface area (Å²) in [6, 6.07) is 0. The van der Waals surface area contributed by atoms with E-state index in [1.165, 1.54) is 49.5 Å². The summed E-state index contributed by atoms with van der Waals surface area (Å²) in [6.45, 7) is 2.64. The Kier molecular flexibility index (Phi) is 7.75. The topological polar surface area (TPSA) is 81.6 Å². The van der Waals surface area contributed by atoms with E-state index in [1.54, 1.807) is 23.9 Å². The summed E-state index contributed by atoms with van der Waals surface area (Å²) >= 11 is 0. The summed E-state index contributed by atoms with van der Waals surface area (Å²) in [5.74, 6) is 0.504. The van der Waals surface area contributed by atoms with Crippen molar-refractivity contribution in [3.05, 3.63) is 20.8 Å². The Morgan fingerprint density at radius 3 is 2.19 bits per heavy atom. The normalized spacial score (nSPS) is 14.8. The van der Waals surface area contributed by atoms with Crippen LogP contribution in [0, 0.1) is 0 Å². The third-order valence-electron chi connectivity index (χ3n) is 5.21. The number of nitrogens with one attached hydrogen (secondary N) is 1. The average molecular weight is 367 g/mol. The molecule has 0 saturated heterocycles. The molecule has 0 amide bonds. The van der Waals surface area contributed by atoms with Gasteiger partial charge in [0.05, 0.1) is 6.67 Å². The van der Waals surface area contributed by atoms with E-state index in [2.05, 4.69) is 11.9 Å². The number of anilines is 2. The maximum atomic E-state index is 12.1. The van der Waals surface area contributed by atoms with Gasteiger partial charge in [-0.15, -0.1) is 0 Å². The van der Waals surface area contributed by atoms with Crippen LogP contribution in [0.15, 0.2) is 9.59 Å². The van der Waals surface area contributed by atoms with Crippen LogP contribution in [0.4, 0.5) is 11.5 Å². The van der Waals surface area contributed by atoms with Gasteiger partial charge in [-0.05, 0) is 12.8 Å². The Hall–Kier alpha value is -1.76. The lowest BCUT2D eigenvalue weighted by Gasteiger charge is -2.26. The van der Waals surface area contributed by atoms with Gasteiger partial charge in [0.25, 0.3) is 5.56 Å². The van der Waals surface area contributed by atoms with Crippen molar-refractivity contribution >= 4 is 11.5 Å². The highest BCUT2D eigenvalue weighted by atomic mass is 16.3. The van der Waals surface area contributed by atoms with Gasteiger partial charge in [0.15, 0.2) is 0 Å². The first-order valence-corrected chi connectivity index (χ1v) is 9.96. The van der Waals surface area contributed by atoms with Gasteiger partial charge in [-0.3, -0.25) is 14.3 Å². The summed E-state index contributed by atoms with van der Waals surface area (Å²) < 4.78 is 1.40. The Morgan fingerprint density at radius 1 is 1.00 bits per heavy atom. The molecule has 1 unspecified atom stereocenters. The van der Waals surface area contributed by atoms with Crippen molar-refractivity contribution in [2.45, 2.75) is 77.4 Å². The fraction of sp³-hybridized carbons (Fsp3) is 0.789. The van der Waals surface area contributed by atoms with E-state index < -0.39 is 17.5 Å². The molecule has 0 fully saturated rings. The van der Waals surface area contributed by atoms with Crippen molar-refractivity contribution < 1.29 is 5.11 Å². The van der Waals surface area contributed by atoms with Gasteiger partial charge >= 0.3 is 5.69 Å². The van der Waals surface area contributed by atoms with Crippen LogP contribution in [0.1, 0.15) is 71.1 Å². The molecule has 0 aliphatic carbocycles. The number of rotatable bonds is 11. The second kappa shape index (κ2) is 9.80. The van der Waals surface area contributed by atoms with Crippen LogP contribution >= 0.6 is 0 Å². The highest BCUT2D eigenvalue weighted by Gasteiger charge is 2.32. The number of hydrogen-bond donors (Lipinski definition) is 2. The van der Waals surface area contributed by atoms with Gasteiger partial charge in [0.1, 0.15) is 17.7 Å². The number of H-pyrrole nitrogens is 1. The van der Waals surface area contributed by atoms with Crippen LogP contribution in [0.2, 0.25) is 0 Å². The number of hydrogen-bond acceptors (Lipinski definition) is 5. The molecule has 26 heavy (non-hydrogen) atoms. The smallest absolute Gasteiger partial charge is 0.329 e. The summed E-state index contributed by atoms with van der Waals surface area (Å²) in [5.41, 5.74) is -0.411. The standard InChI is InChI=1S/C19H34N4O3/c1-4-5-6-7-8-9-10-11-12-13-15(24)23-14-21(2)16-17(25)20-19(26)22(3)18(16)23/h15,24H,4-14H2,1-3H3,(H,20,25,26). The van der Waals surface area contributed by atoms with Crippen molar-refractivity contribution in [3.63, 3.8) is 0 Å². The van der Waals surface area contributed by atoms with Gasteiger partial charge in [-0.1, -0.05) is 58.3 Å². The van der Waals surface area contributed by atoms with Crippen LogP contribution in [0.5, 0.6) is 0 Å². The highest BCUT2D eigenvalue weighted by Crippen LogP contribution is 2.31. The molecule has 7 nitrogen and oxygen atoms in total. The Morgan fingerprint density at radius 2 is 1.58 bits per heavy atom. The lowest BCUT2D eigenvalue weighted by molar-refractivity contribution is 0.155. The molecular weight excluding hydrogens is 332 g/mol. The number of aromatic nitrogens is 2. The van der Waals surface area contributed by atoms with Crippen molar-refractivity contribution in [3.8, 4) is 0 Å². The van der Waals surface area contributed by atoms with E-state index in [0.29, 0.717) is 24.6 Å². The number of nitrogens with zero attached hydrogens (tertiary/aromatic N) is 3. The number of unbranched alkanes of at least 4 members (excludes halogenated alkanes) is 8. The molecule has 1 aliphatic heterocycles. The molecule has 1 aromatic heterocycles. The van der Waals surface area contributed by atoms with E-state index in [9.17, 15) is 14.7 Å². The quantitative estimate of drug-likeness (QED) is 0.588. The minimum absolute atomic E-state index is 0.400. The summed E-state index contributed by atoms with van der Waals surface area (Å²) in [5, 5.41) is 10.6. The van der Waals surface area contributed by atoms with Crippen LogP contribution in [-0.2, 0) is 7.05 Å². The fourth-order valence-corrected chi connectivity index (χ4v) is 3.66. The molecule has 2 heterocycles. The van der Waals surface area contributed by atoms with Crippen molar-refractivity contribution in [1.29, 1.82) is 0 Å². The second-order valence-corrected chi connectivity index (χ2v) is 7.40. The largest absolute Gasteiger partial charge is 0.374 e. The summed E-state index contributed by atoms with van der Waals surface area (Å²) in [7, 11) is 3.42. The number of aliphatic hydroxyl groups excluding tert-OH is 1. The summed E-state index contributed by atoms with van der Waals surface area (Å²) in [4.78, 5) is 29.8. The Labute approximate surface area is 155 Å². The van der Waals surface area contributed by atoms with Gasteiger partial charge in [-0.2, -0.15) is 0 Å². The Bertz CT molecular complexity index is 682. The van der Waals surface area contributed by atoms with Gasteiger partial charge in [0.2, 0.25) is 0 Å². The predicted octanol–water partition coefficient (Wildman–Crippen LogP) is 2.53. The lowest BCUT2D eigenvalue weighted by Crippen LogP contribution is -2.39. The average Bonchev–Trinajstić information content (AvgIpc) is 2.96. The van der Waals surface area contributed by atoms with Crippen LogP contribution in [-0.4, -0.2) is 34.6 Å². The molecule has 1 aliphatic rings. The third kappa shape index (κ3) is 4.90. The third-order valence-corrected chi connectivity index (χ3v) is 5.21.